The molecule has 0 unspecified atom stereocenters. The number of piperazine rings is 1. The molecule has 1 aliphatic heterocycles. The van der Waals surface area contributed by atoms with Crippen LogP contribution in [0, 0.1) is 13.8 Å². The minimum absolute atomic E-state index is 0.101. The fraction of sp³-hybridized carbons (Fsp3) is 0.450. The van der Waals surface area contributed by atoms with Crippen molar-refractivity contribution in [3.63, 3.8) is 0 Å². The third kappa shape index (κ3) is 5.08. The summed E-state index contributed by atoms with van der Waals surface area (Å²) in [6.07, 6.45) is 0.129. The van der Waals surface area contributed by atoms with Gasteiger partial charge in [-0.05, 0) is 31.0 Å². The number of hydrogen-bond donors (Lipinski definition) is 2. The van der Waals surface area contributed by atoms with Gasteiger partial charge < -0.3 is 15.4 Å². The van der Waals surface area contributed by atoms with Crippen LogP contribution < -0.4 is 15.4 Å². The van der Waals surface area contributed by atoms with Crippen LogP contribution in [0.25, 0.3) is 0 Å². The summed E-state index contributed by atoms with van der Waals surface area (Å²) < 4.78 is 5.31. The molecule has 1 aliphatic rings. The lowest BCUT2D eigenvalue weighted by Crippen LogP contribution is -2.56. The van der Waals surface area contributed by atoms with Crippen molar-refractivity contribution in [3.05, 3.63) is 45.4 Å². The molecule has 28 heavy (non-hydrogen) atoms. The third-order valence-corrected chi connectivity index (χ3v) is 5.62. The highest BCUT2D eigenvalue weighted by molar-refractivity contribution is 7.09. The number of carbonyl (C=O) groups excluding carboxylic acids is 2. The highest BCUT2D eigenvalue weighted by Gasteiger charge is 2.31. The van der Waals surface area contributed by atoms with Gasteiger partial charge in [-0.1, -0.05) is 12.1 Å². The van der Waals surface area contributed by atoms with Crippen molar-refractivity contribution >= 4 is 23.2 Å². The van der Waals surface area contributed by atoms with E-state index in [1.54, 1.807) is 18.4 Å². The van der Waals surface area contributed by atoms with Crippen LogP contribution in [-0.4, -0.2) is 47.9 Å². The molecule has 2 amide bonds. The smallest absolute Gasteiger partial charge is 0.237 e. The molecule has 0 radical (unpaired) electrons. The number of hydrogen-bond acceptors (Lipinski definition) is 6. The molecule has 0 saturated carbocycles. The zero-order chi connectivity index (χ0) is 20.1. The van der Waals surface area contributed by atoms with Gasteiger partial charge in [0.15, 0.2) is 0 Å². The SMILES string of the molecule is COc1ccc(CN2CCNC(=O)[C@@H]2CC(=O)NCc2csc(C)n2)cc1C. The second kappa shape index (κ2) is 9.16. The number of benzene rings is 1. The van der Waals surface area contributed by atoms with Gasteiger partial charge >= 0.3 is 0 Å². The van der Waals surface area contributed by atoms with E-state index >= 15 is 0 Å². The van der Waals surface area contributed by atoms with Crippen LogP contribution >= 0.6 is 11.3 Å². The average Bonchev–Trinajstić information content (AvgIpc) is 3.08. The number of amides is 2. The van der Waals surface area contributed by atoms with Gasteiger partial charge in [0.1, 0.15) is 5.75 Å². The number of methoxy groups -OCH3 is 1. The number of aromatic nitrogens is 1. The summed E-state index contributed by atoms with van der Waals surface area (Å²) >= 11 is 1.55. The Hall–Kier alpha value is -2.45. The van der Waals surface area contributed by atoms with Gasteiger partial charge in [-0.15, -0.1) is 11.3 Å². The van der Waals surface area contributed by atoms with Gasteiger partial charge in [0, 0.05) is 25.0 Å². The lowest BCUT2D eigenvalue weighted by atomic mass is 10.1. The molecule has 0 bridgehead atoms. The third-order valence-electron chi connectivity index (χ3n) is 4.80. The molecule has 1 saturated heterocycles. The predicted molar refractivity (Wildman–Crippen MR) is 108 cm³/mol. The average molecular weight is 403 g/mol. The monoisotopic (exact) mass is 402 g/mol. The molecular formula is C20H26N4O3S. The van der Waals surface area contributed by atoms with E-state index in [1.807, 2.05) is 31.4 Å². The van der Waals surface area contributed by atoms with Crippen molar-refractivity contribution in [1.82, 2.24) is 20.5 Å². The van der Waals surface area contributed by atoms with Crippen LogP contribution in [0.5, 0.6) is 5.75 Å². The Morgan fingerprint density at radius 3 is 2.93 bits per heavy atom. The van der Waals surface area contributed by atoms with E-state index < -0.39 is 6.04 Å². The van der Waals surface area contributed by atoms with Crippen LogP contribution in [-0.2, 0) is 22.7 Å². The molecule has 1 fully saturated rings. The molecule has 1 atom stereocenters. The van der Waals surface area contributed by atoms with Crippen molar-refractivity contribution < 1.29 is 14.3 Å². The maximum absolute atomic E-state index is 12.4. The lowest BCUT2D eigenvalue weighted by molar-refractivity contribution is -0.134. The van der Waals surface area contributed by atoms with Crippen LogP contribution in [0.1, 0.15) is 28.2 Å². The summed E-state index contributed by atoms with van der Waals surface area (Å²) in [5, 5.41) is 8.64. The first-order valence-corrected chi connectivity index (χ1v) is 10.2. The highest BCUT2D eigenvalue weighted by Crippen LogP contribution is 2.21. The molecule has 1 aromatic carbocycles. The number of nitrogens with one attached hydrogen (secondary N) is 2. The van der Waals surface area contributed by atoms with Crippen molar-refractivity contribution in [1.29, 1.82) is 0 Å². The summed E-state index contributed by atoms with van der Waals surface area (Å²) in [6.45, 7) is 6.22. The molecule has 2 heterocycles. The lowest BCUT2D eigenvalue weighted by Gasteiger charge is -2.34. The quantitative estimate of drug-likeness (QED) is 0.738. The van der Waals surface area contributed by atoms with Gasteiger partial charge in [-0.25, -0.2) is 4.98 Å². The first-order chi connectivity index (χ1) is 13.5. The Bertz CT molecular complexity index is 852. The van der Waals surface area contributed by atoms with E-state index in [-0.39, 0.29) is 18.2 Å². The van der Waals surface area contributed by atoms with Crippen molar-refractivity contribution in [2.24, 2.45) is 0 Å². The molecule has 3 rings (SSSR count). The normalized spacial score (nSPS) is 17.2. The largest absolute Gasteiger partial charge is 0.496 e. The summed E-state index contributed by atoms with van der Waals surface area (Å²) in [4.78, 5) is 31.2. The van der Waals surface area contributed by atoms with E-state index in [0.717, 1.165) is 27.6 Å². The van der Waals surface area contributed by atoms with Gasteiger partial charge in [-0.2, -0.15) is 0 Å². The van der Waals surface area contributed by atoms with Gasteiger partial charge in [0.2, 0.25) is 11.8 Å². The first-order valence-electron chi connectivity index (χ1n) is 9.29. The number of ether oxygens (including phenoxy) is 1. The Morgan fingerprint density at radius 2 is 2.25 bits per heavy atom. The first kappa shape index (κ1) is 20.3. The summed E-state index contributed by atoms with van der Waals surface area (Å²) in [5.74, 6) is 0.591. The standard InChI is InChI=1S/C20H26N4O3S/c1-13-8-15(4-5-18(13)27-3)11-24-7-6-21-20(26)17(24)9-19(25)22-10-16-12-28-14(2)23-16/h4-5,8,12,17H,6-7,9-11H2,1-3H3,(H,21,26)(H,22,25)/t17-/m0/s1. The highest BCUT2D eigenvalue weighted by atomic mass is 32.1. The van der Waals surface area contributed by atoms with Crippen LogP contribution in [0.2, 0.25) is 0 Å². The number of carbonyl (C=O) groups is 2. The van der Waals surface area contributed by atoms with Crippen LogP contribution in [0.15, 0.2) is 23.6 Å². The number of aryl methyl sites for hydroxylation is 2. The Labute approximate surface area is 169 Å². The Kier molecular flexibility index (Phi) is 6.64. The molecule has 150 valence electrons. The van der Waals surface area contributed by atoms with Gasteiger partial charge in [0.25, 0.3) is 0 Å². The number of nitrogens with zero attached hydrogens (tertiary/aromatic N) is 2. The molecule has 0 aliphatic carbocycles. The Morgan fingerprint density at radius 1 is 1.43 bits per heavy atom. The van der Waals surface area contributed by atoms with Gasteiger partial charge in [-0.3, -0.25) is 14.5 Å². The molecule has 7 nitrogen and oxygen atoms in total. The second-order valence-electron chi connectivity index (χ2n) is 6.92. The molecular weight excluding hydrogens is 376 g/mol. The molecule has 0 spiro atoms. The minimum Gasteiger partial charge on any atom is -0.496 e. The minimum atomic E-state index is -0.478. The van der Waals surface area contributed by atoms with Crippen LogP contribution in [0.3, 0.4) is 0 Å². The maximum atomic E-state index is 12.4. The summed E-state index contributed by atoms with van der Waals surface area (Å²) in [5.41, 5.74) is 2.99. The van der Waals surface area contributed by atoms with E-state index in [0.29, 0.717) is 26.2 Å². The van der Waals surface area contributed by atoms with E-state index in [4.69, 9.17) is 4.74 Å². The zero-order valence-corrected chi connectivity index (χ0v) is 17.3. The van der Waals surface area contributed by atoms with Crippen molar-refractivity contribution in [2.45, 2.75) is 39.4 Å². The fourth-order valence-electron chi connectivity index (χ4n) is 3.37. The van der Waals surface area contributed by atoms with E-state index in [1.165, 1.54) is 0 Å². The summed E-state index contributed by atoms with van der Waals surface area (Å²) in [7, 11) is 1.65. The predicted octanol–water partition coefficient (Wildman–Crippen LogP) is 1.78. The second-order valence-corrected chi connectivity index (χ2v) is 7.98. The molecule has 2 N–H and O–H groups in total. The van der Waals surface area contributed by atoms with E-state index in [2.05, 4.69) is 26.6 Å². The molecule has 2 aromatic rings. The van der Waals surface area contributed by atoms with Gasteiger partial charge in [0.05, 0.1) is 36.8 Å². The topological polar surface area (TPSA) is 83.6 Å². The summed E-state index contributed by atoms with van der Waals surface area (Å²) in [6, 6.07) is 5.52. The van der Waals surface area contributed by atoms with E-state index in [9.17, 15) is 9.59 Å². The number of thiazole rings is 1. The van der Waals surface area contributed by atoms with Crippen molar-refractivity contribution in [3.8, 4) is 5.75 Å². The van der Waals surface area contributed by atoms with Crippen molar-refractivity contribution in [2.75, 3.05) is 20.2 Å². The van der Waals surface area contributed by atoms with Crippen LogP contribution in [0.4, 0.5) is 0 Å². The Balaban J connectivity index is 1.62. The fourth-order valence-corrected chi connectivity index (χ4v) is 3.99. The number of rotatable bonds is 7. The molecule has 8 heteroatoms. The maximum Gasteiger partial charge on any atom is 0.237 e. The zero-order valence-electron chi connectivity index (χ0n) is 16.4. The molecule has 1 aromatic heterocycles.